The average molecular weight is 402 g/mol. The van der Waals surface area contributed by atoms with Gasteiger partial charge in [-0.3, -0.25) is 14.2 Å². The number of thiophene rings is 1. The predicted octanol–water partition coefficient (Wildman–Crippen LogP) is 3.64. The molecule has 27 heavy (non-hydrogen) atoms. The van der Waals surface area contributed by atoms with Gasteiger partial charge < -0.3 is 10.4 Å². The van der Waals surface area contributed by atoms with E-state index in [9.17, 15) is 14.7 Å². The molecule has 0 radical (unpaired) electrons. The third-order valence-electron chi connectivity index (χ3n) is 3.79. The Bertz CT molecular complexity index is 1060. The minimum atomic E-state index is -0.245. The largest absolute Gasteiger partial charge is 0.508 e. The summed E-state index contributed by atoms with van der Waals surface area (Å²) in [5.74, 6) is -0.0705. The number of aromatic hydroxyl groups is 1. The van der Waals surface area contributed by atoms with Gasteiger partial charge in [0.25, 0.3) is 5.56 Å². The summed E-state index contributed by atoms with van der Waals surface area (Å²) < 4.78 is 1.54. The van der Waals surface area contributed by atoms with Gasteiger partial charge >= 0.3 is 0 Å². The highest BCUT2D eigenvalue weighted by Crippen LogP contribution is 2.25. The fourth-order valence-corrected chi connectivity index (χ4v) is 4.35. The number of rotatable bonds is 7. The molecule has 0 unspecified atom stereocenters. The Kier molecular flexibility index (Phi) is 5.98. The Morgan fingerprint density at radius 3 is 2.96 bits per heavy atom. The van der Waals surface area contributed by atoms with Crippen LogP contribution in [0.3, 0.4) is 0 Å². The smallest absolute Gasteiger partial charge is 0.263 e. The maximum atomic E-state index is 12.8. The van der Waals surface area contributed by atoms with Crippen molar-refractivity contribution in [1.82, 2.24) is 9.55 Å². The minimum absolute atomic E-state index is 0.0804. The summed E-state index contributed by atoms with van der Waals surface area (Å²) in [6.45, 7) is 6.07. The van der Waals surface area contributed by atoms with E-state index in [4.69, 9.17) is 0 Å². The van der Waals surface area contributed by atoms with Crippen LogP contribution in [-0.4, -0.2) is 26.3 Å². The fraction of sp³-hybridized carbons (Fsp3) is 0.211. The molecular weight excluding hydrogens is 382 g/mol. The predicted molar refractivity (Wildman–Crippen MR) is 111 cm³/mol. The fourth-order valence-electron chi connectivity index (χ4n) is 2.53. The van der Waals surface area contributed by atoms with Gasteiger partial charge in [0.05, 0.1) is 11.1 Å². The molecule has 0 atom stereocenters. The molecule has 3 aromatic rings. The van der Waals surface area contributed by atoms with Crippen LogP contribution < -0.4 is 10.9 Å². The lowest BCUT2D eigenvalue weighted by Crippen LogP contribution is -2.23. The number of benzene rings is 1. The number of aromatic nitrogens is 2. The molecule has 6 nitrogen and oxygen atoms in total. The molecule has 140 valence electrons. The third-order valence-corrected chi connectivity index (χ3v) is 5.94. The van der Waals surface area contributed by atoms with Gasteiger partial charge in [-0.2, -0.15) is 0 Å². The van der Waals surface area contributed by atoms with Crippen LogP contribution in [0.25, 0.3) is 10.2 Å². The molecule has 8 heteroatoms. The monoisotopic (exact) mass is 401 g/mol. The number of anilines is 1. The van der Waals surface area contributed by atoms with Crippen LogP contribution in [0, 0.1) is 0 Å². The van der Waals surface area contributed by atoms with Crippen LogP contribution in [0.4, 0.5) is 5.69 Å². The second-order valence-corrected chi connectivity index (χ2v) is 7.83. The highest BCUT2D eigenvalue weighted by molar-refractivity contribution is 7.99. The highest BCUT2D eigenvalue weighted by atomic mass is 32.2. The van der Waals surface area contributed by atoms with Crippen molar-refractivity contribution in [3.8, 4) is 5.75 Å². The number of allylic oxidation sites excluding steroid dienone is 1. The Morgan fingerprint density at radius 2 is 2.26 bits per heavy atom. The van der Waals surface area contributed by atoms with Crippen molar-refractivity contribution in [3.05, 3.63) is 58.2 Å². The standard InChI is InChI=1S/C19H19N3O3S2/c1-3-8-22-18(25)15-10-14(4-2)27-17(15)21-19(22)26-11-16(24)20-12-6-5-7-13(23)9-12/h3,5-7,9-10,23H,1,4,8,11H2,2H3,(H,20,24). The molecule has 0 bridgehead atoms. The van der Waals surface area contributed by atoms with Crippen LogP contribution >= 0.6 is 23.1 Å². The molecule has 0 aliphatic heterocycles. The summed E-state index contributed by atoms with van der Waals surface area (Å²) in [6.07, 6.45) is 2.48. The van der Waals surface area contributed by atoms with Crippen molar-refractivity contribution in [2.24, 2.45) is 0 Å². The molecule has 1 amide bonds. The van der Waals surface area contributed by atoms with E-state index < -0.39 is 0 Å². The van der Waals surface area contributed by atoms with Gasteiger partial charge in [-0.25, -0.2) is 4.98 Å². The Hall–Kier alpha value is -2.58. The molecule has 0 fully saturated rings. The van der Waals surface area contributed by atoms with Gasteiger partial charge in [0.2, 0.25) is 5.91 Å². The molecule has 2 aromatic heterocycles. The number of carbonyl (C=O) groups is 1. The van der Waals surface area contributed by atoms with Crippen LogP contribution in [-0.2, 0) is 17.8 Å². The van der Waals surface area contributed by atoms with Gasteiger partial charge in [-0.15, -0.1) is 17.9 Å². The van der Waals surface area contributed by atoms with Gasteiger partial charge in [-0.1, -0.05) is 30.8 Å². The Morgan fingerprint density at radius 1 is 1.44 bits per heavy atom. The molecule has 0 spiro atoms. The van der Waals surface area contributed by atoms with Crippen molar-refractivity contribution in [3.63, 3.8) is 0 Å². The summed E-state index contributed by atoms with van der Waals surface area (Å²) in [7, 11) is 0. The van der Waals surface area contributed by atoms with Crippen LogP contribution in [0.15, 0.2) is 52.9 Å². The zero-order valence-corrected chi connectivity index (χ0v) is 16.4. The number of nitrogens with zero attached hydrogens (tertiary/aromatic N) is 2. The number of amides is 1. The second kappa shape index (κ2) is 8.41. The first-order valence-electron chi connectivity index (χ1n) is 8.37. The first kappa shape index (κ1) is 19.2. The molecule has 1 aromatic carbocycles. The topological polar surface area (TPSA) is 84.2 Å². The second-order valence-electron chi connectivity index (χ2n) is 5.77. The lowest BCUT2D eigenvalue weighted by Gasteiger charge is -2.10. The first-order chi connectivity index (χ1) is 13.0. The van der Waals surface area contributed by atoms with E-state index in [0.717, 1.165) is 11.3 Å². The Balaban J connectivity index is 1.82. The van der Waals surface area contributed by atoms with Crippen molar-refractivity contribution in [1.29, 1.82) is 0 Å². The maximum Gasteiger partial charge on any atom is 0.263 e. The SMILES string of the molecule is C=CCn1c(SCC(=O)Nc2cccc(O)c2)nc2sc(CC)cc2c1=O. The summed E-state index contributed by atoms with van der Waals surface area (Å²) in [5.41, 5.74) is 0.394. The summed E-state index contributed by atoms with van der Waals surface area (Å²) in [6, 6.07) is 8.23. The zero-order valence-electron chi connectivity index (χ0n) is 14.8. The van der Waals surface area contributed by atoms with Gasteiger partial charge in [0.1, 0.15) is 10.6 Å². The van der Waals surface area contributed by atoms with E-state index in [1.807, 2.05) is 13.0 Å². The Labute approximate surface area is 164 Å². The van der Waals surface area contributed by atoms with E-state index in [-0.39, 0.29) is 23.0 Å². The summed E-state index contributed by atoms with van der Waals surface area (Å²) >= 11 is 2.70. The molecular formula is C19H19N3O3S2. The molecule has 2 N–H and O–H groups in total. The highest BCUT2D eigenvalue weighted by Gasteiger charge is 2.15. The van der Waals surface area contributed by atoms with Crippen molar-refractivity contribution in [2.75, 3.05) is 11.1 Å². The molecule has 3 rings (SSSR count). The van der Waals surface area contributed by atoms with E-state index in [1.165, 1.54) is 39.8 Å². The first-order valence-corrected chi connectivity index (χ1v) is 10.2. The number of hydrogen-bond donors (Lipinski definition) is 2. The number of aryl methyl sites for hydroxylation is 1. The van der Waals surface area contributed by atoms with Crippen molar-refractivity contribution >= 4 is 44.9 Å². The number of thioether (sulfide) groups is 1. The lowest BCUT2D eigenvalue weighted by atomic mass is 10.3. The van der Waals surface area contributed by atoms with Crippen LogP contribution in [0.2, 0.25) is 0 Å². The summed E-state index contributed by atoms with van der Waals surface area (Å²) in [5, 5.41) is 13.3. The minimum Gasteiger partial charge on any atom is -0.508 e. The quantitative estimate of drug-likeness (QED) is 0.359. The van der Waals surface area contributed by atoms with Crippen molar-refractivity contribution < 1.29 is 9.90 Å². The van der Waals surface area contributed by atoms with E-state index in [1.54, 1.807) is 18.2 Å². The zero-order chi connectivity index (χ0) is 19.4. The van der Waals surface area contributed by atoms with E-state index >= 15 is 0 Å². The van der Waals surface area contributed by atoms with Gasteiger partial charge in [0, 0.05) is 23.2 Å². The normalized spacial score (nSPS) is 10.9. The van der Waals surface area contributed by atoms with Crippen molar-refractivity contribution in [2.45, 2.75) is 25.0 Å². The van der Waals surface area contributed by atoms with Crippen LogP contribution in [0.1, 0.15) is 11.8 Å². The average Bonchev–Trinajstić information content (AvgIpc) is 3.06. The van der Waals surface area contributed by atoms with Gasteiger partial charge in [-0.05, 0) is 24.6 Å². The van der Waals surface area contributed by atoms with Gasteiger partial charge in [0.15, 0.2) is 5.16 Å². The molecule has 0 aliphatic rings. The molecule has 0 saturated carbocycles. The molecule has 0 saturated heterocycles. The lowest BCUT2D eigenvalue weighted by molar-refractivity contribution is -0.113. The number of fused-ring (bicyclic) bond motifs is 1. The maximum absolute atomic E-state index is 12.8. The van der Waals surface area contributed by atoms with E-state index in [2.05, 4.69) is 16.9 Å². The molecule has 2 heterocycles. The summed E-state index contributed by atoms with van der Waals surface area (Å²) in [4.78, 5) is 31.4. The number of carbonyl (C=O) groups excluding carboxylic acids is 1. The molecule has 0 aliphatic carbocycles. The van der Waals surface area contributed by atoms with E-state index in [0.29, 0.717) is 27.6 Å². The number of phenolic OH excluding ortho intramolecular Hbond substituents is 1. The number of hydrogen-bond acceptors (Lipinski definition) is 6. The number of phenols is 1. The third kappa shape index (κ3) is 4.40. The number of nitrogens with one attached hydrogen (secondary N) is 1. The van der Waals surface area contributed by atoms with Crippen LogP contribution in [0.5, 0.6) is 5.75 Å².